The molecule has 160 valence electrons. The molecule has 0 saturated carbocycles. The minimum atomic E-state index is -0.544. The lowest BCUT2D eigenvalue weighted by Crippen LogP contribution is -2.45. The molecule has 2 N–H and O–H groups in total. The highest BCUT2D eigenvalue weighted by atomic mass is 35.5. The third kappa shape index (κ3) is 5.03. The largest absolute Gasteiger partial charge is 0.322 e. The van der Waals surface area contributed by atoms with Crippen LogP contribution in [0.5, 0.6) is 0 Å². The zero-order chi connectivity index (χ0) is 21.8. The van der Waals surface area contributed by atoms with Crippen molar-refractivity contribution >= 4 is 45.7 Å². The number of aromatic nitrogens is 2. The van der Waals surface area contributed by atoms with E-state index in [1.165, 1.54) is 16.9 Å². The summed E-state index contributed by atoms with van der Waals surface area (Å²) in [6.07, 6.45) is 2.32. The summed E-state index contributed by atoms with van der Waals surface area (Å²) in [4.78, 5) is 27.2. The van der Waals surface area contributed by atoms with Crippen LogP contribution in [0.3, 0.4) is 0 Å². The van der Waals surface area contributed by atoms with E-state index in [4.69, 9.17) is 11.6 Å². The number of aryl methyl sites for hydroxylation is 1. The number of carbonyl (C=O) groups is 2. The van der Waals surface area contributed by atoms with Gasteiger partial charge in [-0.15, -0.1) is 10.2 Å². The van der Waals surface area contributed by atoms with Crippen LogP contribution in [-0.4, -0.2) is 39.6 Å². The van der Waals surface area contributed by atoms with Crippen LogP contribution in [0.4, 0.5) is 15.6 Å². The summed E-state index contributed by atoms with van der Waals surface area (Å²) in [6, 6.07) is 14.2. The molecular weight excluding hydrogens is 434 g/mol. The van der Waals surface area contributed by atoms with Gasteiger partial charge in [-0.1, -0.05) is 54.1 Å². The lowest BCUT2D eigenvalue weighted by molar-refractivity contribution is -0.119. The van der Waals surface area contributed by atoms with Crippen molar-refractivity contribution in [3.05, 3.63) is 59.1 Å². The van der Waals surface area contributed by atoms with Crippen molar-refractivity contribution in [2.45, 2.75) is 32.2 Å². The Hall–Kier alpha value is -2.97. The molecule has 0 bridgehead atoms. The van der Waals surface area contributed by atoms with Crippen molar-refractivity contribution in [3.8, 4) is 10.6 Å². The van der Waals surface area contributed by atoms with E-state index in [0.717, 1.165) is 18.4 Å². The monoisotopic (exact) mass is 455 g/mol. The molecule has 3 aromatic rings. The van der Waals surface area contributed by atoms with Crippen LogP contribution in [0.15, 0.2) is 48.5 Å². The minimum absolute atomic E-state index is 0.257. The van der Waals surface area contributed by atoms with Crippen LogP contribution in [0, 0.1) is 0 Å². The molecule has 1 aromatic heterocycles. The van der Waals surface area contributed by atoms with Gasteiger partial charge in [-0.2, -0.15) is 0 Å². The zero-order valence-corrected chi connectivity index (χ0v) is 18.5. The molecule has 3 amide bonds. The Labute approximate surface area is 189 Å². The van der Waals surface area contributed by atoms with Crippen molar-refractivity contribution in [2.24, 2.45) is 0 Å². The fraction of sp³-hybridized carbons (Fsp3) is 0.273. The van der Waals surface area contributed by atoms with Crippen molar-refractivity contribution in [1.29, 1.82) is 0 Å². The number of nitrogens with zero attached hydrogens (tertiary/aromatic N) is 3. The molecule has 0 aliphatic carbocycles. The first-order valence-electron chi connectivity index (χ1n) is 10.1. The number of carbonyl (C=O) groups excluding carboxylic acids is 2. The molecular formula is C22H22ClN5O2S. The van der Waals surface area contributed by atoms with Gasteiger partial charge in [-0.05, 0) is 49.1 Å². The van der Waals surface area contributed by atoms with Crippen molar-refractivity contribution in [2.75, 3.05) is 17.2 Å². The SMILES string of the molecule is CCc1ccc(NC(=O)N2CCCC2C(=O)Nc2nnc(-c3ccc(Cl)cc3)s2)cc1. The molecule has 1 atom stereocenters. The van der Waals surface area contributed by atoms with Crippen molar-refractivity contribution in [3.63, 3.8) is 0 Å². The van der Waals surface area contributed by atoms with Crippen LogP contribution < -0.4 is 10.6 Å². The molecule has 1 unspecified atom stereocenters. The molecule has 7 nitrogen and oxygen atoms in total. The molecule has 4 rings (SSSR count). The highest BCUT2D eigenvalue weighted by Gasteiger charge is 2.34. The normalized spacial score (nSPS) is 15.7. The van der Waals surface area contributed by atoms with Gasteiger partial charge in [0.1, 0.15) is 11.0 Å². The van der Waals surface area contributed by atoms with Crippen molar-refractivity contribution < 1.29 is 9.59 Å². The third-order valence-corrected chi connectivity index (χ3v) is 6.32. The van der Waals surface area contributed by atoms with Gasteiger partial charge >= 0.3 is 6.03 Å². The predicted molar refractivity (Wildman–Crippen MR) is 124 cm³/mol. The molecule has 1 aliphatic heterocycles. The van der Waals surface area contributed by atoms with Gasteiger partial charge < -0.3 is 10.2 Å². The van der Waals surface area contributed by atoms with E-state index in [2.05, 4.69) is 27.8 Å². The number of benzene rings is 2. The second-order valence-corrected chi connectivity index (χ2v) is 8.65. The quantitative estimate of drug-likeness (QED) is 0.563. The summed E-state index contributed by atoms with van der Waals surface area (Å²) < 4.78 is 0. The average molecular weight is 456 g/mol. The lowest BCUT2D eigenvalue weighted by Gasteiger charge is -2.23. The zero-order valence-electron chi connectivity index (χ0n) is 17.0. The summed E-state index contributed by atoms with van der Waals surface area (Å²) >= 11 is 7.20. The predicted octanol–water partition coefficient (Wildman–Crippen LogP) is 5.06. The van der Waals surface area contributed by atoms with Gasteiger partial charge in [0.25, 0.3) is 0 Å². The van der Waals surface area contributed by atoms with Gasteiger partial charge in [-0.3, -0.25) is 10.1 Å². The Morgan fingerprint density at radius 1 is 1.10 bits per heavy atom. The lowest BCUT2D eigenvalue weighted by atomic mass is 10.1. The average Bonchev–Trinajstić information content (AvgIpc) is 3.45. The number of likely N-dealkylation sites (tertiary alicyclic amines) is 1. The third-order valence-electron chi connectivity index (χ3n) is 5.18. The highest BCUT2D eigenvalue weighted by Crippen LogP contribution is 2.28. The van der Waals surface area contributed by atoms with Crippen molar-refractivity contribution in [1.82, 2.24) is 15.1 Å². The van der Waals surface area contributed by atoms with E-state index in [9.17, 15) is 9.59 Å². The van der Waals surface area contributed by atoms with E-state index in [-0.39, 0.29) is 11.9 Å². The second kappa shape index (κ2) is 9.45. The Bertz CT molecular complexity index is 1070. The fourth-order valence-electron chi connectivity index (χ4n) is 3.47. The summed E-state index contributed by atoms with van der Waals surface area (Å²) in [5.74, 6) is -0.257. The minimum Gasteiger partial charge on any atom is -0.312 e. The van der Waals surface area contributed by atoms with Crippen LogP contribution >= 0.6 is 22.9 Å². The Morgan fingerprint density at radius 3 is 2.55 bits per heavy atom. The maximum atomic E-state index is 12.8. The molecule has 1 aliphatic rings. The number of anilines is 2. The number of hydrogen-bond donors (Lipinski definition) is 2. The highest BCUT2D eigenvalue weighted by molar-refractivity contribution is 7.18. The van der Waals surface area contributed by atoms with E-state index in [1.807, 2.05) is 36.4 Å². The van der Waals surface area contributed by atoms with Gasteiger partial charge in [-0.25, -0.2) is 4.79 Å². The molecule has 1 saturated heterocycles. The summed E-state index contributed by atoms with van der Waals surface area (Å²) in [6.45, 7) is 2.61. The van der Waals surface area contributed by atoms with Crippen LogP contribution in [0.25, 0.3) is 10.6 Å². The van der Waals surface area contributed by atoms with Crippen LogP contribution in [0.2, 0.25) is 5.02 Å². The van der Waals surface area contributed by atoms with E-state index < -0.39 is 6.04 Å². The Balaban J connectivity index is 1.39. The Morgan fingerprint density at radius 2 is 1.84 bits per heavy atom. The first kappa shape index (κ1) is 21.3. The number of amides is 3. The standard InChI is InChI=1S/C22H22ClN5O2S/c1-2-14-5-11-17(12-6-14)24-22(30)28-13-3-4-18(28)19(29)25-21-27-26-20(31-21)15-7-9-16(23)10-8-15/h5-12,18H,2-4,13H2,1H3,(H,24,30)(H,25,27,29). The molecule has 0 radical (unpaired) electrons. The molecule has 31 heavy (non-hydrogen) atoms. The molecule has 1 fully saturated rings. The molecule has 2 heterocycles. The van der Waals surface area contributed by atoms with Gasteiger partial charge in [0.2, 0.25) is 11.0 Å². The van der Waals surface area contributed by atoms with Gasteiger partial charge in [0.15, 0.2) is 0 Å². The van der Waals surface area contributed by atoms with E-state index >= 15 is 0 Å². The number of urea groups is 1. The van der Waals surface area contributed by atoms with E-state index in [0.29, 0.717) is 33.8 Å². The Kier molecular flexibility index (Phi) is 6.48. The maximum Gasteiger partial charge on any atom is 0.322 e. The number of nitrogens with one attached hydrogen (secondary N) is 2. The smallest absolute Gasteiger partial charge is 0.312 e. The second-order valence-electron chi connectivity index (χ2n) is 7.24. The van der Waals surface area contributed by atoms with Gasteiger partial charge in [0, 0.05) is 22.8 Å². The first-order chi connectivity index (χ1) is 15.0. The molecule has 0 spiro atoms. The molecule has 9 heteroatoms. The number of halogens is 1. The van der Waals surface area contributed by atoms with E-state index in [1.54, 1.807) is 17.0 Å². The number of rotatable bonds is 5. The maximum absolute atomic E-state index is 12.8. The first-order valence-corrected chi connectivity index (χ1v) is 11.3. The summed E-state index contributed by atoms with van der Waals surface area (Å²) in [7, 11) is 0. The summed E-state index contributed by atoms with van der Waals surface area (Å²) in [5, 5.41) is 15.6. The fourth-order valence-corrected chi connectivity index (χ4v) is 4.35. The van der Waals surface area contributed by atoms with Gasteiger partial charge in [0.05, 0.1) is 0 Å². The van der Waals surface area contributed by atoms with Crippen LogP contribution in [-0.2, 0) is 11.2 Å². The summed E-state index contributed by atoms with van der Waals surface area (Å²) in [5.41, 5.74) is 2.79. The van der Waals surface area contributed by atoms with Crippen LogP contribution in [0.1, 0.15) is 25.3 Å². The number of hydrogen-bond acceptors (Lipinski definition) is 5. The molecule has 2 aromatic carbocycles. The topological polar surface area (TPSA) is 87.2 Å².